The van der Waals surface area contributed by atoms with Crippen molar-refractivity contribution < 1.29 is 4.39 Å². The van der Waals surface area contributed by atoms with Gasteiger partial charge in [0.15, 0.2) is 5.11 Å². The molecule has 0 saturated carbocycles. The summed E-state index contributed by atoms with van der Waals surface area (Å²) < 4.78 is 13.2. The third kappa shape index (κ3) is 5.32. The molecule has 2 aromatic rings. The summed E-state index contributed by atoms with van der Waals surface area (Å²) in [6, 6.07) is 16.9. The number of anilines is 1. The summed E-state index contributed by atoms with van der Waals surface area (Å²) >= 11 is 5.32. The minimum Gasteiger partial charge on any atom is -0.360 e. The summed E-state index contributed by atoms with van der Waals surface area (Å²) in [6.07, 6.45) is 0.933. The molecule has 0 aliphatic rings. The Morgan fingerprint density at radius 3 is 2.48 bits per heavy atom. The van der Waals surface area contributed by atoms with Crippen LogP contribution in [0.3, 0.4) is 0 Å². The van der Waals surface area contributed by atoms with Crippen molar-refractivity contribution in [2.24, 2.45) is 0 Å². The van der Waals surface area contributed by atoms with E-state index in [0.29, 0.717) is 10.8 Å². The number of benzene rings is 2. The summed E-state index contributed by atoms with van der Waals surface area (Å²) in [5.74, 6) is -0.281. The lowest BCUT2D eigenvalue weighted by molar-refractivity contribution is 0.420. The smallest absolute Gasteiger partial charge is 0.170 e. The van der Waals surface area contributed by atoms with Crippen LogP contribution >= 0.6 is 12.2 Å². The van der Waals surface area contributed by atoms with Gasteiger partial charge in [0.05, 0.1) is 0 Å². The summed E-state index contributed by atoms with van der Waals surface area (Å²) in [5, 5.41) is 6.80. The lowest BCUT2D eigenvalue weighted by Gasteiger charge is -2.29. The number of halogens is 1. The third-order valence-electron chi connectivity index (χ3n) is 3.83. The second-order valence-corrected chi connectivity index (χ2v) is 6.87. The molecule has 0 bridgehead atoms. The molecule has 0 amide bonds. The Balaban J connectivity index is 1.91. The van der Waals surface area contributed by atoms with Crippen molar-refractivity contribution >= 4 is 23.0 Å². The molecule has 0 aliphatic carbocycles. The first-order chi connectivity index (χ1) is 10.9. The average Bonchev–Trinajstić information content (AvgIpc) is 2.47. The van der Waals surface area contributed by atoms with Gasteiger partial charge in [-0.3, -0.25) is 0 Å². The van der Waals surface area contributed by atoms with Crippen molar-refractivity contribution in [2.75, 3.05) is 5.32 Å². The molecule has 0 radical (unpaired) electrons. The molecule has 0 fully saturated rings. The van der Waals surface area contributed by atoms with Crippen LogP contribution in [0.1, 0.15) is 32.8 Å². The van der Waals surface area contributed by atoms with Gasteiger partial charge in [-0.25, -0.2) is 4.39 Å². The minimum absolute atomic E-state index is 0.0438. The largest absolute Gasteiger partial charge is 0.360 e. The zero-order valence-electron chi connectivity index (χ0n) is 13.8. The van der Waals surface area contributed by atoms with Crippen LogP contribution < -0.4 is 10.6 Å². The van der Waals surface area contributed by atoms with E-state index in [1.807, 2.05) is 6.07 Å². The third-order valence-corrected chi connectivity index (χ3v) is 4.05. The maximum Gasteiger partial charge on any atom is 0.170 e. The molecule has 0 aliphatic heterocycles. The van der Waals surface area contributed by atoms with Crippen LogP contribution in [0.4, 0.5) is 10.1 Å². The van der Waals surface area contributed by atoms with E-state index in [4.69, 9.17) is 12.2 Å². The second-order valence-electron chi connectivity index (χ2n) is 6.46. The standard InChI is InChI=1S/C19H23FN2S/c1-14(13-19(2,3)15-8-5-4-6-9-15)21-18(23)22-17-11-7-10-16(20)12-17/h4-12,14H,13H2,1-3H3,(H2,21,22,23)/t14-/m1/s1. The van der Waals surface area contributed by atoms with E-state index in [2.05, 4.69) is 55.7 Å². The number of hydrogen-bond acceptors (Lipinski definition) is 1. The molecular weight excluding hydrogens is 307 g/mol. The van der Waals surface area contributed by atoms with Gasteiger partial charge >= 0.3 is 0 Å². The predicted octanol–water partition coefficient (Wildman–Crippen LogP) is 4.87. The van der Waals surface area contributed by atoms with Crippen LogP contribution in [0.15, 0.2) is 54.6 Å². The maximum atomic E-state index is 13.2. The van der Waals surface area contributed by atoms with Crippen LogP contribution in [-0.2, 0) is 5.41 Å². The minimum atomic E-state index is -0.281. The zero-order valence-corrected chi connectivity index (χ0v) is 14.6. The van der Waals surface area contributed by atoms with Gasteiger partial charge < -0.3 is 10.6 Å². The maximum absolute atomic E-state index is 13.2. The first kappa shape index (κ1) is 17.4. The number of hydrogen-bond donors (Lipinski definition) is 2. The Hall–Kier alpha value is -1.94. The monoisotopic (exact) mass is 330 g/mol. The summed E-state index contributed by atoms with van der Waals surface area (Å²) in [5.41, 5.74) is 2.00. The van der Waals surface area contributed by atoms with Crippen molar-refractivity contribution in [1.82, 2.24) is 5.32 Å². The molecule has 1 atom stereocenters. The molecule has 0 saturated heterocycles. The van der Waals surface area contributed by atoms with Gasteiger partial charge in [-0.1, -0.05) is 50.2 Å². The van der Waals surface area contributed by atoms with Gasteiger partial charge in [0.25, 0.3) is 0 Å². The van der Waals surface area contributed by atoms with Crippen LogP contribution in [0.5, 0.6) is 0 Å². The summed E-state index contributed by atoms with van der Waals surface area (Å²) in [6.45, 7) is 6.55. The summed E-state index contributed by atoms with van der Waals surface area (Å²) in [4.78, 5) is 0. The van der Waals surface area contributed by atoms with Gasteiger partial charge in [-0.15, -0.1) is 0 Å². The number of rotatable bonds is 5. The average molecular weight is 330 g/mol. The molecule has 2 aromatic carbocycles. The highest BCUT2D eigenvalue weighted by Crippen LogP contribution is 2.28. The molecule has 0 heterocycles. The van der Waals surface area contributed by atoms with Crippen molar-refractivity contribution in [2.45, 2.75) is 38.6 Å². The lowest BCUT2D eigenvalue weighted by atomic mass is 9.79. The highest BCUT2D eigenvalue weighted by molar-refractivity contribution is 7.80. The fraction of sp³-hybridized carbons (Fsp3) is 0.316. The predicted molar refractivity (Wildman–Crippen MR) is 99.3 cm³/mol. The second kappa shape index (κ2) is 7.55. The van der Waals surface area contributed by atoms with Gasteiger partial charge in [-0.2, -0.15) is 0 Å². The van der Waals surface area contributed by atoms with Crippen molar-refractivity contribution in [3.63, 3.8) is 0 Å². The van der Waals surface area contributed by atoms with Crippen molar-refractivity contribution in [3.05, 3.63) is 66.0 Å². The molecule has 0 unspecified atom stereocenters. The normalized spacial score (nSPS) is 12.5. The Kier molecular flexibility index (Phi) is 5.72. The Bertz CT molecular complexity index is 655. The molecule has 0 aromatic heterocycles. The molecular formula is C19H23FN2S. The molecule has 23 heavy (non-hydrogen) atoms. The van der Waals surface area contributed by atoms with Crippen LogP contribution in [0.2, 0.25) is 0 Å². The van der Waals surface area contributed by atoms with E-state index in [-0.39, 0.29) is 17.3 Å². The quantitative estimate of drug-likeness (QED) is 0.765. The van der Waals surface area contributed by atoms with Crippen LogP contribution in [-0.4, -0.2) is 11.2 Å². The summed E-state index contributed by atoms with van der Waals surface area (Å²) in [7, 11) is 0. The molecule has 2 nitrogen and oxygen atoms in total. The molecule has 2 N–H and O–H groups in total. The Morgan fingerprint density at radius 1 is 1.13 bits per heavy atom. The SMILES string of the molecule is C[C@H](CC(C)(C)c1ccccc1)NC(=S)Nc1cccc(F)c1. The fourth-order valence-electron chi connectivity index (χ4n) is 2.78. The van der Waals surface area contributed by atoms with Gasteiger partial charge in [0.2, 0.25) is 0 Å². The fourth-order valence-corrected chi connectivity index (χ4v) is 3.10. The highest BCUT2D eigenvalue weighted by atomic mass is 32.1. The van der Waals surface area contributed by atoms with E-state index < -0.39 is 0 Å². The molecule has 122 valence electrons. The topological polar surface area (TPSA) is 24.1 Å². The Labute approximate surface area is 143 Å². The van der Waals surface area contributed by atoms with Crippen molar-refractivity contribution in [1.29, 1.82) is 0 Å². The van der Waals surface area contributed by atoms with Gasteiger partial charge in [-0.05, 0) is 54.7 Å². The molecule has 0 spiro atoms. The van der Waals surface area contributed by atoms with E-state index >= 15 is 0 Å². The zero-order chi connectivity index (χ0) is 16.9. The van der Waals surface area contributed by atoms with E-state index in [1.54, 1.807) is 12.1 Å². The molecule has 2 rings (SSSR count). The lowest BCUT2D eigenvalue weighted by Crippen LogP contribution is -2.39. The number of thiocarbonyl (C=S) groups is 1. The van der Waals surface area contributed by atoms with Crippen molar-refractivity contribution in [3.8, 4) is 0 Å². The number of nitrogens with one attached hydrogen (secondary N) is 2. The first-order valence-electron chi connectivity index (χ1n) is 7.75. The highest BCUT2D eigenvalue weighted by Gasteiger charge is 2.23. The van der Waals surface area contributed by atoms with Crippen LogP contribution in [0, 0.1) is 5.82 Å². The van der Waals surface area contributed by atoms with E-state index in [0.717, 1.165) is 6.42 Å². The first-order valence-corrected chi connectivity index (χ1v) is 8.16. The molecule has 4 heteroatoms. The van der Waals surface area contributed by atoms with Gasteiger partial charge in [0, 0.05) is 11.7 Å². The van der Waals surface area contributed by atoms with Crippen LogP contribution in [0.25, 0.3) is 0 Å². The van der Waals surface area contributed by atoms with E-state index in [1.165, 1.54) is 17.7 Å². The Morgan fingerprint density at radius 2 is 1.83 bits per heavy atom. The van der Waals surface area contributed by atoms with E-state index in [9.17, 15) is 4.39 Å². The van der Waals surface area contributed by atoms with Gasteiger partial charge in [0.1, 0.15) is 5.82 Å².